The Hall–Kier alpha value is -2.88. The van der Waals surface area contributed by atoms with Crippen molar-refractivity contribution in [3.8, 4) is 5.75 Å². The quantitative estimate of drug-likeness (QED) is 0.619. The van der Waals surface area contributed by atoms with E-state index in [1.165, 1.54) is 5.56 Å². The Morgan fingerprint density at radius 3 is 2.67 bits per heavy atom. The normalized spacial score (nSPS) is 15.3. The van der Waals surface area contributed by atoms with Gasteiger partial charge in [-0.2, -0.15) is 0 Å². The van der Waals surface area contributed by atoms with Gasteiger partial charge in [-0.3, -0.25) is 0 Å². The molecule has 0 aliphatic carbocycles. The van der Waals surface area contributed by atoms with E-state index in [1.54, 1.807) is 13.2 Å². The summed E-state index contributed by atoms with van der Waals surface area (Å²) >= 11 is 0. The number of nitrogens with zero attached hydrogens (tertiary/aromatic N) is 1. The number of methoxy groups -OCH3 is 1. The van der Waals surface area contributed by atoms with Crippen molar-refractivity contribution in [2.45, 2.75) is 19.8 Å². The molecule has 0 N–H and O–H groups in total. The van der Waals surface area contributed by atoms with Gasteiger partial charge >= 0.3 is 5.97 Å². The summed E-state index contributed by atoms with van der Waals surface area (Å²) in [5, 5.41) is 0. The van der Waals surface area contributed by atoms with E-state index in [1.807, 2.05) is 55.5 Å². The van der Waals surface area contributed by atoms with E-state index in [-0.39, 0.29) is 0 Å². The lowest BCUT2D eigenvalue weighted by atomic mass is 10.1. The summed E-state index contributed by atoms with van der Waals surface area (Å²) in [4.78, 5) is 16.3. The number of aliphatic imine (C=N–C) groups is 1. The van der Waals surface area contributed by atoms with Crippen LogP contribution in [0.5, 0.6) is 5.75 Å². The van der Waals surface area contributed by atoms with Crippen LogP contribution in [-0.2, 0) is 16.0 Å². The second-order valence-corrected chi connectivity index (χ2v) is 5.69. The highest BCUT2D eigenvalue weighted by Gasteiger charge is 2.22. The van der Waals surface area contributed by atoms with Gasteiger partial charge in [-0.25, -0.2) is 9.79 Å². The van der Waals surface area contributed by atoms with E-state index in [4.69, 9.17) is 9.47 Å². The number of ether oxygens (including phenoxy) is 2. The highest BCUT2D eigenvalue weighted by Crippen LogP contribution is 2.19. The summed E-state index contributed by atoms with van der Waals surface area (Å²) in [6, 6.07) is 15.8. The molecule has 4 heteroatoms. The molecule has 0 unspecified atom stereocenters. The fourth-order valence-corrected chi connectivity index (χ4v) is 2.46. The van der Waals surface area contributed by atoms with E-state index < -0.39 is 5.97 Å². The zero-order valence-electron chi connectivity index (χ0n) is 13.8. The first-order valence-electron chi connectivity index (χ1n) is 7.85. The number of aryl methyl sites for hydroxylation is 2. The van der Waals surface area contributed by atoms with Crippen molar-refractivity contribution in [1.29, 1.82) is 0 Å². The van der Waals surface area contributed by atoms with Crippen molar-refractivity contribution in [3.05, 3.63) is 70.9 Å². The molecule has 1 aliphatic rings. The average Bonchev–Trinajstić information content (AvgIpc) is 2.95. The Morgan fingerprint density at radius 2 is 1.92 bits per heavy atom. The zero-order chi connectivity index (χ0) is 16.9. The zero-order valence-corrected chi connectivity index (χ0v) is 13.8. The maximum absolute atomic E-state index is 11.9. The molecule has 1 heterocycles. The predicted molar refractivity (Wildman–Crippen MR) is 94.0 cm³/mol. The second kappa shape index (κ2) is 7.13. The number of cyclic esters (lactones) is 1. The van der Waals surface area contributed by atoms with Crippen molar-refractivity contribution in [2.75, 3.05) is 7.11 Å². The van der Waals surface area contributed by atoms with Crippen molar-refractivity contribution in [1.82, 2.24) is 0 Å². The van der Waals surface area contributed by atoms with E-state index in [9.17, 15) is 4.79 Å². The first-order valence-corrected chi connectivity index (χ1v) is 7.85. The fourth-order valence-electron chi connectivity index (χ4n) is 2.46. The van der Waals surface area contributed by atoms with Crippen LogP contribution in [0.1, 0.15) is 23.1 Å². The minimum atomic E-state index is -0.392. The van der Waals surface area contributed by atoms with Crippen molar-refractivity contribution >= 4 is 17.9 Å². The lowest BCUT2D eigenvalue weighted by Gasteiger charge is -2.03. The van der Waals surface area contributed by atoms with Gasteiger partial charge in [0.25, 0.3) is 0 Å². The molecular weight excluding hydrogens is 302 g/mol. The third-order valence-corrected chi connectivity index (χ3v) is 3.81. The van der Waals surface area contributed by atoms with Gasteiger partial charge in [0.05, 0.1) is 7.11 Å². The van der Waals surface area contributed by atoms with E-state index in [0.717, 1.165) is 23.3 Å². The molecule has 0 saturated heterocycles. The molecule has 2 aromatic rings. The first kappa shape index (κ1) is 16.0. The topological polar surface area (TPSA) is 47.9 Å². The Labute approximate surface area is 141 Å². The van der Waals surface area contributed by atoms with Gasteiger partial charge in [0.2, 0.25) is 0 Å². The molecule has 0 atom stereocenters. The van der Waals surface area contributed by atoms with Crippen LogP contribution in [0.4, 0.5) is 0 Å². The van der Waals surface area contributed by atoms with Crippen molar-refractivity contribution in [3.63, 3.8) is 0 Å². The van der Waals surface area contributed by atoms with Gasteiger partial charge in [-0.05, 0) is 42.7 Å². The molecular formula is C20H19NO3. The minimum absolute atomic E-state index is 0.347. The van der Waals surface area contributed by atoms with Crippen LogP contribution >= 0.6 is 0 Å². The number of carbonyl (C=O) groups is 1. The van der Waals surface area contributed by atoms with Gasteiger partial charge in [0, 0.05) is 6.42 Å². The highest BCUT2D eigenvalue weighted by atomic mass is 16.6. The molecule has 4 nitrogen and oxygen atoms in total. The van der Waals surface area contributed by atoms with Gasteiger partial charge in [-0.15, -0.1) is 0 Å². The Morgan fingerprint density at radius 1 is 1.12 bits per heavy atom. The molecule has 0 aromatic heterocycles. The maximum atomic E-state index is 11.9. The summed E-state index contributed by atoms with van der Waals surface area (Å²) in [5.41, 5.74) is 3.57. The first-order chi connectivity index (χ1) is 11.6. The third kappa shape index (κ3) is 3.90. The molecule has 1 aliphatic heterocycles. The number of esters is 1. The van der Waals surface area contributed by atoms with Crippen LogP contribution in [0.15, 0.2) is 59.2 Å². The van der Waals surface area contributed by atoms with Crippen LogP contribution in [0, 0.1) is 6.92 Å². The standard InChI is InChI=1S/C20H19NO3/c1-14-6-8-16(9-7-14)13-18-20(22)24-19(21-18)11-10-15-4-3-5-17(12-15)23-2/h3-9,12-13H,10-11H2,1-2H3/b18-13+. The fraction of sp³-hybridized carbons (Fsp3) is 0.200. The van der Waals surface area contributed by atoms with Crippen LogP contribution < -0.4 is 4.74 Å². The third-order valence-electron chi connectivity index (χ3n) is 3.81. The van der Waals surface area contributed by atoms with Crippen molar-refractivity contribution in [2.24, 2.45) is 4.99 Å². The SMILES string of the molecule is COc1cccc(CCC2=N/C(=C/c3ccc(C)cc3)C(=O)O2)c1. The summed E-state index contributed by atoms with van der Waals surface area (Å²) in [5.74, 6) is 0.884. The number of hydrogen-bond acceptors (Lipinski definition) is 4. The largest absolute Gasteiger partial charge is 0.497 e. The molecule has 3 rings (SSSR count). The van der Waals surface area contributed by atoms with Crippen LogP contribution in [-0.4, -0.2) is 19.0 Å². The van der Waals surface area contributed by atoms with Crippen LogP contribution in [0.25, 0.3) is 6.08 Å². The predicted octanol–water partition coefficient (Wildman–Crippen LogP) is 3.93. The highest BCUT2D eigenvalue weighted by molar-refractivity contribution is 6.07. The number of rotatable bonds is 5. The second-order valence-electron chi connectivity index (χ2n) is 5.69. The molecule has 0 fully saturated rings. The maximum Gasteiger partial charge on any atom is 0.363 e. The Balaban J connectivity index is 1.68. The molecule has 0 radical (unpaired) electrons. The van der Waals surface area contributed by atoms with Crippen molar-refractivity contribution < 1.29 is 14.3 Å². The Bertz CT molecular complexity index is 804. The van der Waals surface area contributed by atoms with E-state index in [2.05, 4.69) is 4.99 Å². The van der Waals surface area contributed by atoms with E-state index >= 15 is 0 Å². The molecule has 2 aromatic carbocycles. The minimum Gasteiger partial charge on any atom is -0.497 e. The number of benzene rings is 2. The average molecular weight is 321 g/mol. The molecule has 0 bridgehead atoms. The molecule has 0 saturated carbocycles. The monoisotopic (exact) mass is 321 g/mol. The van der Waals surface area contributed by atoms with Crippen LogP contribution in [0.3, 0.4) is 0 Å². The summed E-state index contributed by atoms with van der Waals surface area (Å²) in [6.07, 6.45) is 3.06. The van der Waals surface area contributed by atoms with Gasteiger partial charge in [0.15, 0.2) is 11.6 Å². The van der Waals surface area contributed by atoms with Gasteiger partial charge in [-0.1, -0.05) is 42.0 Å². The summed E-state index contributed by atoms with van der Waals surface area (Å²) in [7, 11) is 1.64. The summed E-state index contributed by atoms with van der Waals surface area (Å²) in [6.45, 7) is 2.02. The lowest BCUT2D eigenvalue weighted by Crippen LogP contribution is -2.05. The lowest BCUT2D eigenvalue weighted by molar-refractivity contribution is -0.130. The van der Waals surface area contributed by atoms with Gasteiger partial charge in [0.1, 0.15) is 5.75 Å². The molecule has 24 heavy (non-hydrogen) atoms. The van der Waals surface area contributed by atoms with E-state index in [0.29, 0.717) is 18.0 Å². The van der Waals surface area contributed by atoms with Gasteiger partial charge < -0.3 is 9.47 Å². The molecule has 122 valence electrons. The van der Waals surface area contributed by atoms with Crippen LogP contribution in [0.2, 0.25) is 0 Å². The Kier molecular flexibility index (Phi) is 4.75. The number of carbonyl (C=O) groups excluding carboxylic acids is 1. The molecule has 0 spiro atoms. The summed E-state index contributed by atoms with van der Waals surface area (Å²) < 4.78 is 10.5. The molecule has 0 amide bonds. The number of hydrogen-bond donors (Lipinski definition) is 0. The smallest absolute Gasteiger partial charge is 0.363 e.